The molecule has 1 aromatic rings. The van der Waals surface area contributed by atoms with Gasteiger partial charge in [-0.1, -0.05) is 18.9 Å². The molecule has 0 bridgehead atoms. The van der Waals surface area contributed by atoms with E-state index in [9.17, 15) is 8.42 Å². The molecule has 1 rings (SSSR count). The van der Waals surface area contributed by atoms with Crippen LogP contribution in [0, 0.1) is 12.3 Å². The fourth-order valence-corrected chi connectivity index (χ4v) is 4.04. The van der Waals surface area contributed by atoms with Crippen LogP contribution in [0.25, 0.3) is 0 Å². The molecule has 0 amide bonds. The van der Waals surface area contributed by atoms with E-state index < -0.39 is 10.0 Å². The van der Waals surface area contributed by atoms with Crippen molar-refractivity contribution >= 4 is 26.0 Å². The first kappa shape index (κ1) is 16.2. The smallest absolute Gasteiger partial charge is 0.245 e. The number of halogens is 1. The number of hydrogen-bond acceptors (Lipinski definition) is 3. The first-order chi connectivity index (χ1) is 8.97. The van der Waals surface area contributed by atoms with Gasteiger partial charge in [0.25, 0.3) is 0 Å². The Hall–Kier alpha value is -0.870. The van der Waals surface area contributed by atoms with Crippen LogP contribution >= 0.6 is 15.9 Å². The van der Waals surface area contributed by atoms with Crippen molar-refractivity contribution in [3.05, 3.63) is 28.2 Å². The summed E-state index contributed by atoms with van der Waals surface area (Å²) in [4.78, 5) is 0.128. The highest BCUT2D eigenvalue weighted by Crippen LogP contribution is 2.26. The standard InChI is InChI=1S/C13H16BrNO3S/c1-3-7-15(8-4-2)19(17,18)13-9-11(10-16)5-6-12(13)14/h1,5-6,9,16H,4,7-8,10H2,2H3. The summed E-state index contributed by atoms with van der Waals surface area (Å²) in [5.74, 6) is 2.36. The highest BCUT2D eigenvalue weighted by molar-refractivity contribution is 9.10. The average molecular weight is 346 g/mol. The molecule has 0 spiro atoms. The van der Waals surface area contributed by atoms with E-state index in [0.29, 0.717) is 23.0 Å². The Morgan fingerprint density at radius 3 is 2.68 bits per heavy atom. The van der Waals surface area contributed by atoms with Crippen molar-refractivity contribution < 1.29 is 13.5 Å². The Morgan fingerprint density at radius 1 is 1.47 bits per heavy atom. The third-order valence-electron chi connectivity index (χ3n) is 2.54. The molecule has 0 radical (unpaired) electrons. The molecule has 0 aliphatic rings. The second kappa shape index (κ2) is 7.06. The van der Waals surface area contributed by atoms with E-state index >= 15 is 0 Å². The average Bonchev–Trinajstić information content (AvgIpc) is 2.39. The number of terminal acetylenes is 1. The Bertz CT molecular complexity index is 578. The van der Waals surface area contributed by atoms with Crippen LogP contribution in [0.1, 0.15) is 18.9 Å². The van der Waals surface area contributed by atoms with Gasteiger partial charge < -0.3 is 5.11 Å². The second-order valence-electron chi connectivity index (χ2n) is 3.97. The topological polar surface area (TPSA) is 57.6 Å². The zero-order valence-corrected chi connectivity index (χ0v) is 13.0. The van der Waals surface area contributed by atoms with Gasteiger partial charge in [-0.2, -0.15) is 4.31 Å². The minimum absolute atomic E-state index is 0.0337. The zero-order chi connectivity index (χ0) is 14.5. The summed E-state index contributed by atoms with van der Waals surface area (Å²) in [6.45, 7) is 2.07. The van der Waals surface area contributed by atoms with Crippen LogP contribution in [0.15, 0.2) is 27.6 Å². The maximum absolute atomic E-state index is 12.5. The number of hydrogen-bond donors (Lipinski definition) is 1. The van der Waals surface area contributed by atoms with Crippen molar-refractivity contribution in [3.8, 4) is 12.3 Å². The Morgan fingerprint density at radius 2 is 2.16 bits per heavy atom. The molecule has 0 atom stereocenters. The van der Waals surface area contributed by atoms with Crippen molar-refractivity contribution in [1.29, 1.82) is 0 Å². The minimum Gasteiger partial charge on any atom is -0.392 e. The third kappa shape index (κ3) is 3.80. The van der Waals surface area contributed by atoms with E-state index in [4.69, 9.17) is 11.5 Å². The van der Waals surface area contributed by atoms with Crippen molar-refractivity contribution in [2.45, 2.75) is 24.8 Å². The molecule has 0 fully saturated rings. The lowest BCUT2D eigenvalue weighted by molar-refractivity contribution is 0.281. The highest BCUT2D eigenvalue weighted by atomic mass is 79.9. The van der Waals surface area contributed by atoms with Gasteiger partial charge in [0.15, 0.2) is 0 Å². The molecule has 104 valence electrons. The van der Waals surface area contributed by atoms with E-state index in [1.54, 1.807) is 12.1 Å². The molecular formula is C13H16BrNO3S. The van der Waals surface area contributed by atoms with Crippen LogP contribution in [0.4, 0.5) is 0 Å². The quantitative estimate of drug-likeness (QED) is 0.802. The van der Waals surface area contributed by atoms with E-state index in [2.05, 4.69) is 21.9 Å². The number of rotatable bonds is 6. The highest BCUT2D eigenvalue weighted by Gasteiger charge is 2.25. The largest absolute Gasteiger partial charge is 0.392 e. The minimum atomic E-state index is -3.66. The van der Waals surface area contributed by atoms with Crippen LogP contribution in [0.5, 0.6) is 0 Å². The maximum Gasteiger partial charge on any atom is 0.245 e. The lowest BCUT2D eigenvalue weighted by Gasteiger charge is -2.20. The summed E-state index contributed by atoms with van der Waals surface area (Å²) in [7, 11) is -3.66. The van der Waals surface area contributed by atoms with E-state index in [1.165, 1.54) is 10.4 Å². The maximum atomic E-state index is 12.5. The van der Waals surface area contributed by atoms with Gasteiger partial charge in [0.05, 0.1) is 18.0 Å². The van der Waals surface area contributed by atoms with Gasteiger partial charge in [0.2, 0.25) is 10.0 Å². The van der Waals surface area contributed by atoms with Crippen LogP contribution in [-0.4, -0.2) is 30.9 Å². The van der Waals surface area contributed by atoms with Crippen LogP contribution in [0.3, 0.4) is 0 Å². The summed E-state index contributed by atoms with van der Waals surface area (Å²) >= 11 is 3.23. The van der Waals surface area contributed by atoms with Crippen molar-refractivity contribution in [2.75, 3.05) is 13.1 Å². The molecule has 4 nitrogen and oxygen atoms in total. The molecule has 1 N–H and O–H groups in total. The molecule has 19 heavy (non-hydrogen) atoms. The molecule has 0 heterocycles. The summed E-state index contributed by atoms with van der Waals surface area (Å²) in [6.07, 6.45) is 5.90. The van der Waals surface area contributed by atoms with Gasteiger partial charge in [-0.25, -0.2) is 8.42 Å². The molecule has 0 saturated heterocycles. The van der Waals surface area contributed by atoms with Crippen LogP contribution < -0.4 is 0 Å². The van der Waals surface area contributed by atoms with Crippen molar-refractivity contribution in [2.24, 2.45) is 0 Å². The fraction of sp³-hybridized carbons (Fsp3) is 0.385. The van der Waals surface area contributed by atoms with Gasteiger partial charge in [-0.3, -0.25) is 0 Å². The predicted octanol–water partition coefficient (Wildman–Crippen LogP) is 1.98. The molecule has 0 aliphatic heterocycles. The Labute approximate surface area is 122 Å². The number of sulfonamides is 1. The second-order valence-corrected chi connectivity index (χ2v) is 6.73. The molecular weight excluding hydrogens is 330 g/mol. The summed E-state index contributed by atoms with van der Waals surface area (Å²) < 4.78 is 26.8. The van der Waals surface area contributed by atoms with Crippen LogP contribution in [-0.2, 0) is 16.6 Å². The SMILES string of the molecule is C#CCN(CCC)S(=O)(=O)c1cc(CO)ccc1Br. The van der Waals surface area contributed by atoms with Gasteiger partial charge in [0.1, 0.15) is 0 Å². The summed E-state index contributed by atoms with van der Waals surface area (Å²) in [5.41, 5.74) is 0.541. The molecule has 0 aromatic heterocycles. The molecule has 0 saturated carbocycles. The number of nitrogens with zero attached hydrogens (tertiary/aromatic N) is 1. The van der Waals surface area contributed by atoms with Gasteiger partial charge in [0, 0.05) is 11.0 Å². The zero-order valence-electron chi connectivity index (χ0n) is 10.6. The van der Waals surface area contributed by atoms with Crippen LogP contribution in [0.2, 0.25) is 0 Å². The van der Waals surface area contributed by atoms with E-state index in [-0.39, 0.29) is 18.0 Å². The number of aliphatic hydroxyl groups is 1. The molecule has 0 unspecified atom stereocenters. The number of benzene rings is 1. The van der Waals surface area contributed by atoms with E-state index in [1.807, 2.05) is 6.92 Å². The van der Waals surface area contributed by atoms with E-state index in [0.717, 1.165) is 0 Å². The number of aliphatic hydroxyl groups excluding tert-OH is 1. The van der Waals surface area contributed by atoms with Crippen molar-refractivity contribution in [1.82, 2.24) is 4.31 Å². The lowest BCUT2D eigenvalue weighted by atomic mass is 10.2. The molecule has 0 aliphatic carbocycles. The van der Waals surface area contributed by atoms with Gasteiger partial charge >= 0.3 is 0 Å². The van der Waals surface area contributed by atoms with Gasteiger partial charge in [-0.05, 0) is 40.0 Å². The normalized spacial score (nSPS) is 11.5. The summed E-state index contributed by atoms with van der Waals surface area (Å²) in [6, 6.07) is 4.73. The van der Waals surface area contributed by atoms with Crippen molar-refractivity contribution in [3.63, 3.8) is 0 Å². The Kier molecular flexibility index (Phi) is 6.01. The van der Waals surface area contributed by atoms with Gasteiger partial charge in [-0.15, -0.1) is 6.42 Å². The fourth-order valence-electron chi connectivity index (χ4n) is 1.62. The first-order valence-electron chi connectivity index (χ1n) is 5.80. The molecule has 6 heteroatoms. The monoisotopic (exact) mass is 345 g/mol. The lowest BCUT2D eigenvalue weighted by Crippen LogP contribution is -2.32. The summed E-state index contributed by atoms with van der Waals surface area (Å²) in [5, 5.41) is 9.11. The Balaban J connectivity index is 3.28. The molecule has 1 aromatic carbocycles. The first-order valence-corrected chi connectivity index (χ1v) is 8.03. The third-order valence-corrected chi connectivity index (χ3v) is 5.38. The predicted molar refractivity (Wildman–Crippen MR) is 77.9 cm³/mol.